The van der Waals surface area contributed by atoms with E-state index in [1.807, 2.05) is 13.8 Å². The fourth-order valence-electron chi connectivity index (χ4n) is 2.99. The lowest BCUT2D eigenvalue weighted by Crippen LogP contribution is -2.39. The van der Waals surface area contributed by atoms with Crippen LogP contribution in [-0.2, 0) is 32.4 Å². The number of hydrogen-bond acceptors (Lipinski definition) is 6. The standard InChI is InChI=1S/C22H26F3NO6S/c1-5-15(2)26(21(27)14-30-3)13-16-9-10-19(31-4)20(11-16)32-33(28,29)18-8-6-7-17(12-18)22(23,24)25/h6-12,15H,5,13-14H2,1-4H3/t15-/m0/s1. The summed E-state index contributed by atoms with van der Waals surface area (Å²) in [6.07, 6.45) is -4.03. The van der Waals surface area contributed by atoms with E-state index in [0.29, 0.717) is 18.1 Å². The Morgan fingerprint density at radius 2 is 1.79 bits per heavy atom. The maximum absolute atomic E-state index is 13.0. The van der Waals surface area contributed by atoms with Crippen molar-refractivity contribution in [1.29, 1.82) is 0 Å². The van der Waals surface area contributed by atoms with Crippen LogP contribution in [-0.4, -0.2) is 46.1 Å². The molecule has 7 nitrogen and oxygen atoms in total. The van der Waals surface area contributed by atoms with Gasteiger partial charge in [0.15, 0.2) is 11.5 Å². The molecule has 0 fully saturated rings. The molecule has 0 bridgehead atoms. The summed E-state index contributed by atoms with van der Waals surface area (Å²) in [6.45, 7) is 3.81. The van der Waals surface area contributed by atoms with Gasteiger partial charge in [-0.2, -0.15) is 21.6 Å². The molecule has 2 aromatic carbocycles. The van der Waals surface area contributed by atoms with Gasteiger partial charge in [-0.3, -0.25) is 4.79 Å². The van der Waals surface area contributed by atoms with Gasteiger partial charge in [0, 0.05) is 19.7 Å². The van der Waals surface area contributed by atoms with Gasteiger partial charge in [0.1, 0.15) is 11.5 Å². The molecule has 1 amide bonds. The van der Waals surface area contributed by atoms with E-state index in [4.69, 9.17) is 13.7 Å². The summed E-state index contributed by atoms with van der Waals surface area (Å²) < 4.78 is 79.6. The molecule has 0 aliphatic rings. The fourth-order valence-corrected chi connectivity index (χ4v) is 3.97. The molecule has 182 valence electrons. The van der Waals surface area contributed by atoms with E-state index >= 15 is 0 Å². The van der Waals surface area contributed by atoms with E-state index in [-0.39, 0.29) is 36.6 Å². The lowest BCUT2D eigenvalue weighted by Gasteiger charge is -2.28. The monoisotopic (exact) mass is 489 g/mol. The van der Waals surface area contributed by atoms with Gasteiger partial charge < -0.3 is 18.6 Å². The third-order valence-electron chi connectivity index (χ3n) is 4.94. The van der Waals surface area contributed by atoms with Crippen molar-refractivity contribution in [2.24, 2.45) is 0 Å². The summed E-state index contributed by atoms with van der Waals surface area (Å²) in [6, 6.07) is 7.61. The molecule has 0 aromatic heterocycles. The van der Waals surface area contributed by atoms with Crippen LogP contribution in [0.3, 0.4) is 0 Å². The van der Waals surface area contributed by atoms with Crippen LogP contribution in [0.2, 0.25) is 0 Å². The Morgan fingerprint density at radius 3 is 2.36 bits per heavy atom. The number of amides is 1. The first-order valence-corrected chi connectivity index (χ1v) is 11.4. The minimum absolute atomic E-state index is 0.0626. The maximum Gasteiger partial charge on any atom is 0.416 e. The number of hydrogen-bond donors (Lipinski definition) is 0. The Balaban J connectivity index is 2.39. The van der Waals surface area contributed by atoms with E-state index in [1.54, 1.807) is 11.0 Å². The minimum atomic E-state index is -4.71. The molecule has 0 saturated heterocycles. The molecule has 0 aliphatic heterocycles. The van der Waals surface area contributed by atoms with Crippen LogP contribution in [0.1, 0.15) is 31.4 Å². The lowest BCUT2D eigenvalue weighted by molar-refractivity contribution is -0.138. The van der Waals surface area contributed by atoms with Crippen LogP contribution in [0.25, 0.3) is 0 Å². The largest absolute Gasteiger partial charge is 0.493 e. The number of benzene rings is 2. The second-order valence-electron chi connectivity index (χ2n) is 7.26. The van der Waals surface area contributed by atoms with Gasteiger partial charge in [-0.05, 0) is 49.2 Å². The molecular weight excluding hydrogens is 463 g/mol. The summed E-state index contributed by atoms with van der Waals surface area (Å²) in [4.78, 5) is 13.4. The lowest BCUT2D eigenvalue weighted by atomic mass is 10.1. The molecule has 0 aliphatic carbocycles. The van der Waals surface area contributed by atoms with E-state index in [2.05, 4.69) is 0 Å². The second-order valence-corrected chi connectivity index (χ2v) is 8.81. The summed E-state index contributed by atoms with van der Waals surface area (Å²) in [5, 5.41) is 0. The first-order chi connectivity index (χ1) is 15.4. The van der Waals surface area contributed by atoms with Gasteiger partial charge in [0.25, 0.3) is 0 Å². The van der Waals surface area contributed by atoms with Crippen molar-refractivity contribution in [1.82, 2.24) is 4.90 Å². The van der Waals surface area contributed by atoms with Gasteiger partial charge in [0.05, 0.1) is 12.7 Å². The normalized spacial score (nSPS) is 12.8. The molecular formula is C22H26F3NO6S. The van der Waals surface area contributed by atoms with Crippen LogP contribution >= 0.6 is 0 Å². The SMILES string of the molecule is CC[C@H](C)N(Cc1ccc(OC)c(OS(=O)(=O)c2cccc(C(F)(F)F)c2)c1)C(=O)COC. The fraction of sp³-hybridized carbons (Fsp3) is 0.409. The quantitative estimate of drug-likeness (QED) is 0.464. The molecule has 0 saturated carbocycles. The molecule has 0 spiro atoms. The highest BCUT2D eigenvalue weighted by Crippen LogP contribution is 2.34. The van der Waals surface area contributed by atoms with Crippen molar-refractivity contribution < 1.29 is 40.0 Å². The Hall–Kier alpha value is -2.79. The van der Waals surface area contributed by atoms with E-state index in [9.17, 15) is 26.4 Å². The van der Waals surface area contributed by atoms with Gasteiger partial charge in [0.2, 0.25) is 5.91 Å². The Kier molecular flexibility index (Phi) is 8.73. The molecule has 2 aromatic rings. The number of methoxy groups -OCH3 is 2. The minimum Gasteiger partial charge on any atom is -0.493 e. The Bertz CT molecular complexity index is 1070. The number of carbonyl (C=O) groups excluding carboxylic acids is 1. The smallest absolute Gasteiger partial charge is 0.416 e. The molecule has 11 heteroatoms. The molecule has 0 unspecified atom stereocenters. The van der Waals surface area contributed by atoms with Crippen LogP contribution in [0.15, 0.2) is 47.4 Å². The van der Waals surface area contributed by atoms with Crippen LogP contribution in [0, 0.1) is 0 Å². The molecule has 1 atom stereocenters. The maximum atomic E-state index is 13.0. The average molecular weight is 490 g/mol. The second kappa shape index (κ2) is 10.9. The Morgan fingerprint density at radius 1 is 1.09 bits per heavy atom. The highest BCUT2D eigenvalue weighted by Gasteiger charge is 2.32. The first-order valence-electron chi connectivity index (χ1n) is 10.00. The number of alkyl halides is 3. The third-order valence-corrected chi connectivity index (χ3v) is 6.17. The van der Waals surface area contributed by atoms with Gasteiger partial charge in [-0.1, -0.05) is 19.1 Å². The molecule has 0 radical (unpaired) electrons. The van der Waals surface area contributed by atoms with Gasteiger partial charge in [-0.25, -0.2) is 0 Å². The molecule has 0 N–H and O–H groups in total. The number of ether oxygens (including phenoxy) is 2. The summed E-state index contributed by atoms with van der Waals surface area (Å²) >= 11 is 0. The summed E-state index contributed by atoms with van der Waals surface area (Å²) in [5.41, 5.74) is -0.580. The average Bonchev–Trinajstić information content (AvgIpc) is 2.76. The van der Waals surface area contributed by atoms with Crippen molar-refractivity contribution in [2.45, 2.75) is 43.9 Å². The van der Waals surface area contributed by atoms with E-state index < -0.39 is 26.8 Å². The zero-order valence-corrected chi connectivity index (χ0v) is 19.5. The molecule has 0 heterocycles. The molecule has 33 heavy (non-hydrogen) atoms. The van der Waals surface area contributed by atoms with Crippen molar-refractivity contribution in [3.63, 3.8) is 0 Å². The number of carbonyl (C=O) groups is 1. The summed E-state index contributed by atoms with van der Waals surface area (Å²) in [7, 11) is -1.90. The predicted molar refractivity (Wildman–Crippen MR) is 114 cm³/mol. The Labute approximate surface area is 191 Å². The van der Waals surface area contributed by atoms with Gasteiger partial charge in [-0.15, -0.1) is 0 Å². The topological polar surface area (TPSA) is 82.1 Å². The third kappa shape index (κ3) is 6.84. The van der Waals surface area contributed by atoms with Crippen molar-refractivity contribution in [3.05, 3.63) is 53.6 Å². The zero-order valence-electron chi connectivity index (χ0n) is 18.7. The number of nitrogens with zero attached hydrogens (tertiary/aromatic N) is 1. The van der Waals surface area contributed by atoms with Crippen LogP contribution in [0.4, 0.5) is 13.2 Å². The van der Waals surface area contributed by atoms with Gasteiger partial charge >= 0.3 is 16.3 Å². The highest BCUT2D eigenvalue weighted by molar-refractivity contribution is 7.87. The summed E-state index contributed by atoms with van der Waals surface area (Å²) in [5.74, 6) is -0.398. The molecule has 2 rings (SSSR count). The van der Waals surface area contributed by atoms with Crippen LogP contribution in [0.5, 0.6) is 11.5 Å². The number of halogens is 3. The van der Waals surface area contributed by atoms with Crippen molar-refractivity contribution in [3.8, 4) is 11.5 Å². The first kappa shape index (κ1) is 26.5. The van der Waals surface area contributed by atoms with Crippen molar-refractivity contribution in [2.75, 3.05) is 20.8 Å². The van der Waals surface area contributed by atoms with E-state index in [1.165, 1.54) is 26.4 Å². The number of rotatable bonds is 10. The zero-order chi connectivity index (χ0) is 24.8. The van der Waals surface area contributed by atoms with E-state index in [0.717, 1.165) is 18.2 Å². The highest BCUT2D eigenvalue weighted by atomic mass is 32.2. The predicted octanol–water partition coefficient (Wildman–Crippen LogP) is 4.26. The van der Waals surface area contributed by atoms with Crippen LogP contribution < -0.4 is 8.92 Å². The van der Waals surface area contributed by atoms with Crippen molar-refractivity contribution >= 4 is 16.0 Å².